The summed E-state index contributed by atoms with van der Waals surface area (Å²) >= 11 is 0. The van der Waals surface area contributed by atoms with Gasteiger partial charge in [-0.3, -0.25) is 4.55 Å². The van der Waals surface area contributed by atoms with Crippen molar-refractivity contribution in [2.24, 2.45) is 0 Å². The zero-order chi connectivity index (χ0) is 8.48. The van der Waals surface area contributed by atoms with Crippen LogP contribution in [0.2, 0.25) is 0 Å². The van der Waals surface area contributed by atoms with Crippen LogP contribution in [0.3, 0.4) is 0 Å². The number of aryl methyl sites for hydroxylation is 1. The quantitative estimate of drug-likeness (QED) is 0.534. The Labute approximate surface area is 93.8 Å². The smallest absolute Gasteiger partial charge is 0.282 e. The third-order valence-electron chi connectivity index (χ3n) is 1.32. The van der Waals surface area contributed by atoms with Crippen molar-refractivity contribution < 1.29 is 13.0 Å². The Morgan fingerprint density at radius 3 is 1.92 bits per heavy atom. The van der Waals surface area contributed by atoms with Crippen molar-refractivity contribution in [2.45, 2.75) is 11.8 Å². The van der Waals surface area contributed by atoms with Gasteiger partial charge in [-0.2, -0.15) is 8.42 Å². The minimum absolute atomic E-state index is 0. The second kappa shape index (κ2) is 4.39. The summed E-state index contributed by atoms with van der Waals surface area (Å²) in [6, 6.07) is 5.99. The molecule has 0 spiro atoms. The predicted molar refractivity (Wildman–Crippen MR) is 46.7 cm³/mol. The Morgan fingerprint density at radius 2 is 1.58 bits per heavy atom. The monoisotopic (exact) mass is 195 g/mol. The number of hydrogen-bond donors (Lipinski definition) is 1. The topological polar surface area (TPSA) is 54.4 Å². The van der Waals surface area contributed by atoms with Crippen molar-refractivity contribution in [1.29, 1.82) is 0 Å². The van der Waals surface area contributed by atoms with E-state index in [4.69, 9.17) is 4.55 Å². The fraction of sp³-hybridized carbons (Fsp3) is 0.143. The molecule has 0 saturated heterocycles. The molecule has 0 aliphatic heterocycles. The first-order valence-corrected chi connectivity index (χ1v) is 4.48. The summed E-state index contributed by atoms with van der Waals surface area (Å²) in [5.41, 5.74) is 0.956. The van der Waals surface area contributed by atoms with Gasteiger partial charge in [0.2, 0.25) is 0 Å². The van der Waals surface area contributed by atoms with Gasteiger partial charge in [0, 0.05) is 29.6 Å². The molecule has 1 rings (SSSR count). The summed E-state index contributed by atoms with van der Waals surface area (Å²) in [5, 5.41) is 0. The van der Waals surface area contributed by atoms with E-state index in [1.165, 1.54) is 12.1 Å². The van der Waals surface area contributed by atoms with Crippen molar-refractivity contribution in [2.75, 3.05) is 0 Å². The molecule has 0 unspecified atom stereocenters. The Morgan fingerprint density at radius 1 is 1.17 bits per heavy atom. The van der Waals surface area contributed by atoms with Crippen LogP contribution in [0.1, 0.15) is 5.56 Å². The summed E-state index contributed by atoms with van der Waals surface area (Å²) < 4.78 is 29.6. The third kappa shape index (κ3) is 3.25. The second-order valence-corrected chi connectivity index (χ2v) is 3.71. The molecule has 1 aromatic rings. The average Bonchev–Trinajstić information content (AvgIpc) is 1.86. The molecule has 0 bridgehead atoms. The molecule has 0 atom stereocenters. The van der Waals surface area contributed by atoms with Crippen LogP contribution in [0.5, 0.6) is 0 Å². The molecule has 0 aliphatic carbocycles. The van der Waals surface area contributed by atoms with Gasteiger partial charge in [0.25, 0.3) is 10.1 Å². The maximum atomic E-state index is 10.5. The summed E-state index contributed by atoms with van der Waals surface area (Å²) in [6.45, 7) is 1.84. The van der Waals surface area contributed by atoms with Crippen LogP contribution in [0.4, 0.5) is 0 Å². The molecular weight excluding hydrogens is 187 g/mol. The van der Waals surface area contributed by atoms with Gasteiger partial charge in [0.1, 0.15) is 0 Å². The van der Waals surface area contributed by atoms with Gasteiger partial charge in [-0.15, -0.1) is 0 Å². The maximum Gasteiger partial charge on any atom is 0.294 e. The molecule has 0 saturated carbocycles. The molecule has 0 aromatic heterocycles. The van der Waals surface area contributed by atoms with Gasteiger partial charge in [0.15, 0.2) is 0 Å². The van der Waals surface area contributed by atoms with Crippen molar-refractivity contribution in [3.63, 3.8) is 0 Å². The van der Waals surface area contributed by atoms with Crippen LogP contribution >= 0.6 is 0 Å². The van der Waals surface area contributed by atoms with Crippen LogP contribution in [-0.4, -0.2) is 42.5 Å². The summed E-state index contributed by atoms with van der Waals surface area (Å²) in [7, 11) is -4.02. The fourth-order valence-electron chi connectivity index (χ4n) is 0.710. The van der Waals surface area contributed by atoms with Crippen LogP contribution in [-0.2, 0) is 10.1 Å². The van der Waals surface area contributed by atoms with E-state index in [2.05, 4.69) is 0 Å². The maximum absolute atomic E-state index is 10.5. The molecule has 1 radical (unpaired) electrons. The molecule has 5 heteroatoms. The van der Waals surface area contributed by atoms with Crippen LogP contribution in [0.25, 0.3) is 0 Å². The second-order valence-electron chi connectivity index (χ2n) is 2.29. The predicted octanol–water partition coefficient (Wildman–Crippen LogP) is 0.861. The molecule has 0 heterocycles. The SMILES string of the molecule is Cc1ccc(S(=O)(=O)O)cc1.[Na]. The van der Waals surface area contributed by atoms with Crippen molar-refractivity contribution in [3.05, 3.63) is 29.8 Å². The molecule has 0 amide bonds. The minimum atomic E-state index is -4.02. The average molecular weight is 195 g/mol. The van der Waals surface area contributed by atoms with E-state index < -0.39 is 10.1 Å². The Hall–Kier alpha value is 0.130. The number of rotatable bonds is 1. The van der Waals surface area contributed by atoms with E-state index in [1.54, 1.807) is 12.1 Å². The van der Waals surface area contributed by atoms with Gasteiger partial charge < -0.3 is 0 Å². The van der Waals surface area contributed by atoms with Gasteiger partial charge in [-0.25, -0.2) is 0 Å². The van der Waals surface area contributed by atoms with Crippen molar-refractivity contribution in [1.82, 2.24) is 0 Å². The van der Waals surface area contributed by atoms with Gasteiger partial charge >= 0.3 is 0 Å². The number of hydrogen-bond acceptors (Lipinski definition) is 2. The standard InChI is InChI=1S/C7H8O3S.Na/c1-6-2-4-7(5-3-6)11(8,9)10;/h2-5H,1H3,(H,8,9,10);. The van der Waals surface area contributed by atoms with Crippen molar-refractivity contribution >= 4 is 39.7 Å². The zero-order valence-corrected chi connectivity index (χ0v) is 9.80. The van der Waals surface area contributed by atoms with Gasteiger partial charge in [-0.1, -0.05) is 17.7 Å². The van der Waals surface area contributed by atoms with E-state index in [1.807, 2.05) is 6.92 Å². The first-order valence-electron chi connectivity index (χ1n) is 3.04. The summed E-state index contributed by atoms with van der Waals surface area (Å²) in [4.78, 5) is -0.0666. The molecule has 12 heavy (non-hydrogen) atoms. The van der Waals surface area contributed by atoms with E-state index in [0.29, 0.717) is 0 Å². The Bertz CT molecular complexity index is 341. The van der Waals surface area contributed by atoms with Crippen molar-refractivity contribution in [3.8, 4) is 0 Å². The largest absolute Gasteiger partial charge is 0.294 e. The summed E-state index contributed by atoms with van der Waals surface area (Å²) in [6.07, 6.45) is 0. The normalized spacial score (nSPS) is 10.5. The molecule has 0 aliphatic rings. The first-order chi connectivity index (χ1) is 5.00. The van der Waals surface area contributed by atoms with Crippen LogP contribution in [0.15, 0.2) is 29.2 Å². The molecule has 61 valence electrons. The van der Waals surface area contributed by atoms with E-state index in [0.717, 1.165) is 5.56 Å². The Kier molecular flexibility index (Phi) is 4.44. The van der Waals surface area contributed by atoms with Gasteiger partial charge in [0.05, 0.1) is 4.90 Å². The van der Waals surface area contributed by atoms with Crippen LogP contribution in [0, 0.1) is 6.92 Å². The molecule has 1 aromatic carbocycles. The van der Waals surface area contributed by atoms with E-state index in [-0.39, 0.29) is 34.5 Å². The Balaban J connectivity index is 0.00000121. The minimum Gasteiger partial charge on any atom is -0.282 e. The first kappa shape index (κ1) is 12.1. The molecule has 1 N–H and O–H groups in total. The fourth-order valence-corrected chi connectivity index (χ4v) is 1.19. The number of benzene rings is 1. The van der Waals surface area contributed by atoms with Gasteiger partial charge in [-0.05, 0) is 19.1 Å². The zero-order valence-electron chi connectivity index (χ0n) is 6.98. The summed E-state index contributed by atoms with van der Waals surface area (Å²) in [5.74, 6) is 0. The van der Waals surface area contributed by atoms with Crippen LogP contribution < -0.4 is 0 Å². The van der Waals surface area contributed by atoms with E-state index >= 15 is 0 Å². The molecule has 3 nitrogen and oxygen atoms in total. The third-order valence-corrected chi connectivity index (χ3v) is 2.19. The van der Waals surface area contributed by atoms with E-state index in [9.17, 15) is 8.42 Å². The molecule has 0 fully saturated rings. The molecular formula is C7H8NaO3S.